The summed E-state index contributed by atoms with van der Waals surface area (Å²) in [4.78, 5) is 36.6. The van der Waals surface area contributed by atoms with Gasteiger partial charge in [0.2, 0.25) is 5.78 Å². The van der Waals surface area contributed by atoms with Crippen LogP contribution in [0.4, 0.5) is 5.82 Å². The number of anilines is 1. The number of nitrogens with zero attached hydrogens (tertiary/aromatic N) is 5. The molecule has 196 valence electrons. The van der Waals surface area contributed by atoms with Gasteiger partial charge in [0, 0.05) is 37.1 Å². The third-order valence-corrected chi connectivity index (χ3v) is 9.50. The van der Waals surface area contributed by atoms with E-state index in [1.165, 1.54) is 11.1 Å². The van der Waals surface area contributed by atoms with E-state index in [1.54, 1.807) is 38.4 Å². The summed E-state index contributed by atoms with van der Waals surface area (Å²) < 4.78 is 25.8. The average molecular weight is 526 g/mol. The fourth-order valence-corrected chi connectivity index (χ4v) is 7.42. The highest BCUT2D eigenvalue weighted by Crippen LogP contribution is 2.51. The number of amides is 1. The summed E-state index contributed by atoms with van der Waals surface area (Å²) in [5, 5.41) is 6.00. The Morgan fingerprint density at radius 3 is 2.54 bits per heavy atom. The van der Waals surface area contributed by atoms with Gasteiger partial charge < -0.3 is 9.05 Å². The first-order valence-corrected chi connectivity index (χ1v) is 14.2. The molecular weight excluding hydrogens is 493 g/mol. The molecular formula is C26H32N5O5P. The van der Waals surface area contributed by atoms with Crippen LogP contribution in [0.2, 0.25) is 0 Å². The van der Waals surface area contributed by atoms with E-state index in [0.29, 0.717) is 30.5 Å². The number of pyridine rings is 2. The molecule has 0 aromatic carbocycles. The molecule has 5 rings (SSSR count). The van der Waals surface area contributed by atoms with E-state index >= 15 is 0 Å². The molecule has 1 amide bonds. The van der Waals surface area contributed by atoms with E-state index in [2.05, 4.69) is 22.0 Å². The van der Waals surface area contributed by atoms with Crippen molar-refractivity contribution in [3.8, 4) is 0 Å². The lowest BCUT2D eigenvalue weighted by molar-refractivity contribution is -0.140. The largest absolute Gasteiger partial charge is 0.362 e. The minimum absolute atomic E-state index is 0.196. The van der Waals surface area contributed by atoms with Gasteiger partial charge in [-0.25, -0.2) is 4.98 Å². The summed E-state index contributed by atoms with van der Waals surface area (Å²) in [5.41, 5.74) is -0.119. The van der Waals surface area contributed by atoms with Crippen molar-refractivity contribution in [3.05, 3.63) is 43.0 Å². The van der Waals surface area contributed by atoms with Crippen LogP contribution >= 0.6 is 7.60 Å². The zero-order valence-electron chi connectivity index (χ0n) is 21.4. The average Bonchev–Trinajstić information content (AvgIpc) is 3.38. The van der Waals surface area contributed by atoms with E-state index in [4.69, 9.17) is 9.05 Å². The quantitative estimate of drug-likeness (QED) is 0.321. The van der Waals surface area contributed by atoms with Crippen LogP contribution in [0.3, 0.4) is 0 Å². The summed E-state index contributed by atoms with van der Waals surface area (Å²) in [6.45, 7) is 7.05. The number of hydrogen-bond donors (Lipinski definition) is 0. The van der Waals surface area contributed by atoms with E-state index < -0.39 is 18.9 Å². The zero-order valence-corrected chi connectivity index (χ0v) is 22.3. The summed E-state index contributed by atoms with van der Waals surface area (Å²) >= 11 is 0. The van der Waals surface area contributed by atoms with Crippen LogP contribution < -0.4 is 10.2 Å². The normalized spacial score (nSPS) is 24.5. The smallest absolute Gasteiger partial charge is 0.305 e. The minimum Gasteiger partial charge on any atom is -0.305 e. The molecule has 3 aromatic rings. The summed E-state index contributed by atoms with van der Waals surface area (Å²) in [6.07, 6.45) is 9.96. The van der Waals surface area contributed by atoms with E-state index in [9.17, 15) is 14.2 Å². The Morgan fingerprint density at radius 1 is 1.08 bits per heavy atom. The highest BCUT2D eigenvalue weighted by molar-refractivity contribution is 7.62. The highest BCUT2D eigenvalue weighted by atomic mass is 31.2. The van der Waals surface area contributed by atoms with Crippen LogP contribution in [0, 0.1) is 10.8 Å². The number of carbonyl (C=O) groups is 2. The molecule has 2 fully saturated rings. The van der Waals surface area contributed by atoms with Gasteiger partial charge in [0.25, 0.3) is 5.91 Å². The third kappa shape index (κ3) is 4.74. The lowest BCUT2D eigenvalue weighted by atomic mass is 9.62. The summed E-state index contributed by atoms with van der Waals surface area (Å²) in [6, 6.07) is 5.13. The maximum atomic E-state index is 13.4. The molecule has 1 aliphatic heterocycles. The van der Waals surface area contributed by atoms with Gasteiger partial charge in [0.15, 0.2) is 0 Å². The standard InChI is InChI=1S/C26H32N5O5P/c1-4-35-37(34,36-5-2)20-7-8-22(28-13-20)31-18-26(23(32)24(31)33)11-6-10-25(3,16-26)17-30-15-19-9-12-27-14-21(19)29-30/h7-9,12-15H,4-6,10-11,16-18H2,1-3H3/t25-,26+/m0/s1. The molecule has 11 heteroatoms. The van der Waals surface area contributed by atoms with Crippen molar-refractivity contribution in [3.63, 3.8) is 0 Å². The summed E-state index contributed by atoms with van der Waals surface area (Å²) in [7, 11) is -3.49. The third-order valence-electron chi connectivity index (χ3n) is 7.41. The molecule has 37 heavy (non-hydrogen) atoms. The number of hydrogen-bond acceptors (Lipinski definition) is 8. The van der Waals surface area contributed by atoms with Gasteiger partial charge in [-0.15, -0.1) is 0 Å². The van der Waals surface area contributed by atoms with Crippen molar-refractivity contribution in [2.45, 2.75) is 53.0 Å². The topological polar surface area (TPSA) is 117 Å². The number of rotatable bonds is 8. The Balaban J connectivity index is 1.36. The molecule has 2 aliphatic rings. The van der Waals surface area contributed by atoms with Crippen molar-refractivity contribution in [2.24, 2.45) is 10.8 Å². The molecule has 1 saturated heterocycles. The lowest BCUT2D eigenvalue weighted by Crippen LogP contribution is -2.42. The van der Waals surface area contributed by atoms with Gasteiger partial charge in [0.05, 0.1) is 30.1 Å². The fourth-order valence-electron chi connectivity index (χ4n) is 5.91. The lowest BCUT2D eigenvalue weighted by Gasteiger charge is -2.43. The van der Waals surface area contributed by atoms with Gasteiger partial charge in [-0.3, -0.25) is 28.7 Å². The van der Waals surface area contributed by atoms with Crippen LogP contribution in [0.5, 0.6) is 0 Å². The van der Waals surface area contributed by atoms with Crippen molar-refractivity contribution in [1.29, 1.82) is 0 Å². The van der Waals surface area contributed by atoms with Crippen molar-refractivity contribution in [2.75, 3.05) is 24.7 Å². The molecule has 0 bridgehead atoms. The van der Waals surface area contributed by atoms with Crippen LogP contribution in [-0.4, -0.2) is 51.2 Å². The van der Waals surface area contributed by atoms with Gasteiger partial charge in [-0.05, 0) is 56.7 Å². The number of aromatic nitrogens is 4. The molecule has 4 heterocycles. The van der Waals surface area contributed by atoms with Crippen LogP contribution in [0.15, 0.2) is 43.0 Å². The van der Waals surface area contributed by atoms with E-state index in [-0.39, 0.29) is 31.0 Å². The SMILES string of the molecule is CCOP(=O)(OCC)c1ccc(N2C[C@]3(CCC[C@](C)(Cn4cc5ccncc5n4)C3)C(=O)C2=O)nc1. The van der Waals surface area contributed by atoms with E-state index in [1.807, 2.05) is 16.9 Å². The maximum Gasteiger partial charge on any atom is 0.362 e. The number of carbonyl (C=O) groups excluding carboxylic acids is 2. The first kappa shape index (κ1) is 25.7. The number of fused-ring (bicyclic) bond motifs is 1. The van der Waals surface area contributed by atoms with E-state index in [0.717, 1.165) is 23.7 Å². The van der Waals surface area contributed by atoms with Crippen molar-refractivity contribution >= 4 is 41.3 Å². The zero-order chi connectivity index (χ0) is 26.3. The molecule has 0 unspecified atom stereocenters. The van der Waals surface area contributed by atoms with Gasteiger partial charge >= 0.3 is 7.60 Å². The highest BCUT2D eigenvalue weighted by Gasteiger charge is 2.56. The fraction of sp³-hybridized carbons (Fsp3) is 0.500. The first-order valence-electron chi connectivity index (χ1n) is 12.7. The van der Waals surface area contributed by atoms with Crippen molar-refractivity contribution < 1.29 is 23.2 Å². The second-order valence-electron chi connectivity index (χ2n) is 10.3. The minimum atomic E-state index is -3.49. The van der Waals surface area contributed by atoms with Crippen LogP contribution in [0.25, 0.3) is 10.9 Å². The number of ketones is 1. The Hall–Kier alpha value is -2.94. The predicted molar refractivity (Wildman–Crippen MR) is 139 cm³/mol. The molecule has 1 saturated carbocycles. The Morgan fingerprint density at radius 2 is 1.86 bits per heavy atom. The van der Waals surface area contributed by atoms with Crippen molar-refractivity contribution in [1.82, 2.24) is 19.7 Å². The van der Waals surface area contributed by atoms with Gasteiger partial charge in [-0.2, -0.15) is 5.10 Å². The second kappa shape index (κ2) is 9.74. The second-order valence-corrected chi connectivity index (χ2v) is 12.3. The Kier molecular flexibility index (Phi) is 6.77. The molecule has 0 radical (unpaired) electrons. The Labute approximate surface area is 215 Å². The molecule has 1 aliphatic carbocycles. The molecule has 0 N–H and O–H groups in total. The first-order chi connectivity index (χ1) is 17.7. The van der Waals surface area contributed by atoms with Gasteiger partial charge in [-0.1, -0.05) is 13.3 Å². The maximum absolute atomic E-state index is 13.4. The summed E-state index contributed by atoms with van der Waals surface area (Å²) in [5.74, 6) is -0.539. The molecule has 3 aromatic heterocycles. The van der Waals surface area contributed by atoms with Gasteiger partial charge in [0.1, 0.15) is 11.3 Å². The Bertz CT molecular complexity index is 1330. The van der Waals surface area contributed by atoms with Crippen LogP contribution in [-0.2, 0) is 29.7 Å². The molecule has 2 atom stereocenters. The molecule has 10 nitrogen and oxygen atoms in total. The predicted octanol–water partition coefficient (Wildman–Crippen LogP) is 3.90. The number of Topliss-reactive ketones (excluding diaryl/α,β-unsaturated/α-hetero) is 1. The molecule has 1 spiro atoms. The van der Waals surface area contributed by atoms with Crippen LogP contribution in [0.1, 0.15) is 46.5 Å². The monoisotopic (exact) mass is 525 g/mol.